The lowest BCUT2D eigenvalue weighted by Crippen LogP contribution is -2.41. The van der Waals surface area contributed by atoms with Gasteiger partial charge in [-0.1, -0.05) is 30.3 Å². The average Bonchev–Trinajstić information content (AvgIpc) is 3.13. The Labute approximate surface area is 185 Å². The molecule has 3 rings (SSSR count). The number of hydrogen-bond donors (Lipinski definition) is 1. The van der Waals surface area contributed by atoms with Crippen molar-refractivity contribution in [2.75, 3.05) is 17.7 Å². The highest BCUT2D eigenvalue weighted by atomic mass is 35.5. The summed E-state index contributed by atoms with van der Waals surface area (Å²) >= 11 is 13.3. The lowest BCUT2D eigenvalue weighted by atomic mass is 10.2. The first-order valence-corrected chi connectivity index (χ1v) is 11.1. The van der Waals surface area contributed by atoms with Crippen molar-refractivity contribution in [1.29, 1.82) is 0 Å². The largest absolute Gasteiger partial charge is 0.462 e. The number of nitrogens with zero attached hydrogens (tertiary/aromatic N) is 2. The number of benzene rings is 2. The van der Waals surface area contributed by atoms with Gasteiger partial charge in [0.25, 0.3) is 0 Å². The van der Waals surface area contributed by atoms with Crippen LogP contribution in [-0.4, -0.2) is 39.6 Å². The van der Waals surface area contributed by atoms with Gasteiger partial charge in [-0.25, -0.2) is 9.79 Å². The number of carbonyl (C=O) groups excluding carboxylic acids is 1. The van der Waals surface area contributed by atoms with E-state index in [0.717, 1.165) is 28.7 Å². The van der Waals surface area contributed by atoms with Crippen LogP contribution in [0.3, 0.4) is 0 Å². The summed E-state index contributed by atoms with van der Waals surface area (Å²) in [4.78, 5) is 18.6. The maximum atomic E-state index is 11.8. The van der Waals surface area contributed by atoms with Crippen LogP contribution in [-0.2, 0) is 4.74 Å². The number of hydrogen-bond acceptors (Lipinski definition) is 5. The molecule has 1 saturated heterocycles. The van der Waals surface area contributed by atoms with Crippen LogP contribution in [0.4, 0.5) is 11.4 Å². The van der Waals surface area contributed by atoms with E-state index in [2.05, 4.69) is 17.1 Å². The van der Waals surface area contributed by atoms with Gasteiger partial charge < -0.3 is 10.1 Å². The Morgan fingerprint density at radius 2 is 1.93 bits per heavy atom. The SMILES string of the molecule is CCOC(=O)c1ccc(NC(=S)N2C(=Nc3ccc(Cl)cc3)SCC2CC)cc1. The summed E-state index contributed by atoms with van der Waals surface area (Å²) in [6, 6.07) is 14.8. The molecule has 5 nitrogen and oxygen atoms in total. The number of thiocarbonyl (C=S) groups is 1. The molecule has 0 spiro atoms. The van der Waals surface area contributed by atoms with E-state index in [1.54, 1.807) is 30.8 Å². The molecule has 0 radical (unpaired) electrons. The fourth-order valence-electron chi connectivity index (χ4n) is 2.82. The fraction of sp³-hybridized carbons (Fsp3) is 0.286. The zero-order valence-corrected chi connectivity index (χ0v) is 18.6. The summed E-state index contributed by atoms with van der Waals surface area (Å²) in [6.07, 6.45) is 0.955. The molecule has 2 aromatic rings. The third-order valence-corrected chi connectivity index (χ3v) is 6.01. The average molecular weight is 448 g/mol. The smallest absolute Gasteiger partial charge is 0.338 e. The Hall–Kier alpha value is -2.09. The van der Waals surface area contributed by atoms with E-state index >= 15 is 0 Å². The van der Waals surface area contributed by atoms with Crippen LogP contribution in [0.15, 0.2) is 53.5 Å². The third kappa shape index (κ3) is 5.50. The molecule has 0 amide bonds. The van der Waals surface area contributed by atoms with Crippen LogP contribution in [0.1, 0.15) is 30.6 Å². The number of anilines is 1. The van der Waals surface area contributed by atoms with Gasteiger partial charge >= 0.3 is 5.97 Å². The molecular formula is C21H22ClN3O2S2. The molecule has 29 heavy (non-hydrogen) atoms. The first-order chi connectivity index (χ1) is 14.0. The number of amidine groups is 1. The van der Waals surface area contributed by atoms with Gasteiger partial charge in [-0.15, -0.1) is 0 Å². The highest BCUT2D eigenvalue weighted by Crippen LogP contribution is 2.30. The number of halogens is 1. The topological polar surface area (TPSA) is 53.9 Å². The zero-order valence-electron chi connectivity index (χ0n) is 16.2. The molecule has 1 heterocycles. The Morgan fingerprint density at radius 3 is 2.55 bits per heavy atom. The highest BCUT2D eigenvalue weighted by Gasteiger charge is 2.32. The minimum absolute atomic E-state index is 0.268. The van der Waals surface area contributed by atoms with Crippen molar-refractivity contribution in [2.45, 2.75) is 26.3 Å². The van der Waals surface area contributed by atoms with E-state index in [-0.39, 0.29) is 12.0 Å². The number of nitrogens with one attached hydrogen (secondary N) is 1. The second kappa shape index (κ2) is 10.1. The first kappa shape index (κ1) is 21.6. The number of aliphatic imine (C=N–C) groups is 1. The van der Waals surface area contributed by atoms with E-state index in [1.165, 1.54) is 0 Å². The van der Waals surface area contributed by atoms with E-state index in [4.69, 9.17) is 33.5 Å². The van der Waals surface area contributed by atoms with Crippen LogP contribution in [0.25, 0.3) is 0 Å². The van der Waals surface area contributed by atoms with Gasteiger partial charge in [0.05, 0.1) is 17.9 Å². The predicted molar refractivity (Wildman–Crippen MR) is 126 cm³/mol. The predicted octanol–water partition coefficient (Wildman–Crippen LogP) is 5.73. The van der Waals surface area contributed by atoms with E-state index in [9.17, 15) is 4.79 Å². The summed E-state index contributed by atoms with van der Waals surface area (Å²) in [7, 11) is 0. The molecule has 1 fully saturated rings. The van der Waals surface area contributed by atoms with Gasteiger partial charge in [0.15, 0.2) is 10.3 Å². The lowest BCUT2D eigenvalue weighted by molar-refractivity contribution is 0.0526. The van der Waals surface area contributed by atoms with E-state index in [1.807, 2.05) is 36.4 Å². The monoisotopic (exact) mass is 447 g/mol. The summed E-state index contributed by atoms with van der Waals surface area (Å²) in [6.45, 7) is 4.28. The minimum Gasteiger partial charge on any atom is -0.462 e. The van der Waals surface area contributed by atoms with Gasteiger partial charge in [0, 0.05) is 22.5 Å². The second-order valence-corrected chi connectivity index (χ2v) is 8.15. The van der Waals surface area contributed by atoms with Gasteiger partial charge in [-0.2, -0.15) is 0 Å². The van der Waals surface area contributed by atoms with E-state index in [0.29, 0.717) is 22.3 Å². The molecule has 0 saturated carbocycles. The normalized spacial score (nSPS) is 17.4. The quantitative estimate of drug-likeness (QED) is 0.466. The third-order valence-electron chi connectivity index (χ3n) is 4.36. The van der Waals surface area contributed by atoms with Crippen molar-refractivity contribution < 1.29 is 9.53 Å². The van der Waals surface area contributed by atoms with Gasteiger partial charge in [0.1, 0.15) is 0 Å². The molecule has 1 aliphatic heterocycles. The number of rotatable bonds is 5. The molecule has 1 unspecified atom stereocenters. The van der Waals surface area contributed by atoms with Crippen molar-refractivity contribution in [3.63, 3.8) is 0 Å². The number of ether oxygens (including phenoxy) is 1. The van der Waals surface area contributed by atoms with Crippen LogP contribution in [0.2, 0.25) is 5.02 Å². The molecule has 0 bridgehead atoms. The Morgan fingerprint density at radius 1 is 1.24 bits per heavy atom. The highest BCUT2D eigenvalue weighted by molar-refractivity contribution is 8.14. The minimum atomic E-state index is -0.332. The van der Waals surface area contributed by atoms with Gasteiger partial charge in [-0.3, -0.25) is 4.90 Å². The molecule has 152 valence electrons. The molecular weight excluding hydrogens is 426 g/mol. The second-order valence-electron chi connectivity index (χ2n) is 6.34. The van der Waals surface area contributed by atoms with Crippen LogP contribution in [0.5, 0.6) is 0 Å². The maximum absolute atomic E-state index is 11.8. The Kier molecular flexibility index (Phi) is 7.52. The first-order valence-electron chi connectivity index (χ1n) is 9.36. The molecule has 1 aliphatic rings. The lowest BCUT2D eigenvalue weighted by Gasteiger charge is -2.26. The van der Waals surface area contributed by atoms with Gasteiger partial charge in [-0.05, 0) is 74.1 Å². The van der Waals surface area contributed by atoms with Gasteiger partial charge in [0.2, 0.25) is 0 Å². The molecule has 0 aromatic heterocycles. The number of esters is 1. The zero-order chi connectivity index (χ0) is 20.8. The van der Waals surface area contributed by atoms with E-state index < -0.39 is 0 Å². The number of thioether (sulfide) groups is 1. The van der Waals surface area contributed by atoms with Crippen molar-refractivity contribution in [3.05, 3.63) is 59.1 Å². The Bertz CT molecular complexity index is 901. The molecule has 0 aliphatic carbocycles. The van der Waals surface area contributed by atoms with Crippen molar-refractivity contribution in [1.82, 2.24) is 4.90 Å². The molecule has 1 N–H and O–H groups in total. The van der Waals surface area contributed by atoms with Crippen LogP contribution >= 0.6 is 35.6 Å². The fourth-order valence-corrected chi connectivity index (χ4v) is 4.64. The summed E-state index contributed by atoms with van der Waals surface area (Å²) < 4.78 is 5.02. The van der Waals surface area contributed by atoms with Crippen molar-refractivity contribution in [2.24, 2.45) is 4.99 Å². The molecule has 1 atom stereocenters. The van der Waals surface area contributed by atoms with Crippen molar-refractivity contribution >= 4 is 63.2 Å². The molecule has 8 heteroatoms. The van der Waals surface area contributed by atoms with Crippen LogP contribution in [0, 0.1) is 0 Å². The summed E-state index contributed by atoms with van der Waals surface area (Å²) in [5.41, 5.74) is 2.15. The summed E-state index contributed by atoms with van der Waals surface area (Å²) in [5.74, 6) is 0.591. The van der Waals surface area contributed by atoms with Crippen molar-refractivity contribution in [3.8, 4) is 0 Å². The number of carbonyl (C=O) groups is 1. The molecule has 2 aromatic carbocycles. The Balaban J connectivity index is 1.76. The standard InChI is InChI=1S/C21H22ClN3O2S2/c1-3-18-13-29-21(24-17-11-7-15(22)8-12-17)25(18)20(28)23-16-9-5-14(6-10-16)19(26)27-4-2/h5-12,18H,3-4,13H2,1-2H3,(H,23,28). The maximum Gasteiger partial charge on any atom is 0.338 e. The van der Waals surface area contributed by atoms with Crippen LogP contribution < -0.4 is 5.32 Å². The summed E-state index contributed by atoms with van der Waals surface area (Å²) in [5, 5.41) is 5.38.